The van der Waals surface area contributed by atoms with Crippen LogP contribution in [0.5, 0.6) is 0 Å². The first-order chi connectivity index (χ1) is 14.9. The Kier molecular flexibility index (Phi) is 7.39. The van der Waals surface area contributed by atoms with Crippen molar-refractivity contribution in [1.82, 2.24) is 9.55 Å². The minimum Gasteiger partial charge on any atom is -0.481 e. The van der Waals surface area contributed by atoms with Crippen molar-refractivity contribution in [3.63, 3.8) is 0 Å². The molecule has 0 aliphatic carbocycles. The molecule has 1 heterocycles. The number of nitrogens with two attached hydrogens (primary N) is 1. The fraction of sp³-hybridized carbons (Fsp3) is 0.280. The third-order valence-electron chi connectivity index (χ3n) is 5.70. The minimum atomic E-state index is -1.13. The number of imidazole rings is 1. The van der Waals surface area contributed by atoms with Crippen molar-refractivity contribution in [2.45, 2.75) is 38.8 Å². The van der Waals surface area contributed by atoms with Gasteiger partial charge in [-0.05, 0) is 43.4 Å². The average molecular weight is 420 g/mol. The number of aliphatic carboxylic acids is 1. The predicted octanol–water partition coefficient (Wildman–Crippen LogP) is 4.51. The normalized spacial score (nSPS) is 14.2. The van der Waals surface area contributed by atoms with Gasteiger partial charge in [0.2, 0.25) is 0 Å². The molecule has 3 N–H and O–H groups in total. The maximum atomic E-state index is 11.7. The molecule has 0 aliphatic heterocycles. The van der Waals surface area contributed by atoms with Gasteiger partial charge in [0.25, 0.3) is 0 Å². The van der Waals surface area contributed by atoms with Gasteiger partial charge in [-0.15, -0.1) is 0 Å². The molecule has 0 spiro atoms. The van der Waals surface area contributed by atoms with Gasteiger partial charge in [-0.25, -0.2) is 10.9 Å². The van der Waals surface area contributed by atoms with Crippen LogP contribution in [0.3, 0.4) is 0 Å². The quantitative estimate of drug-likeness (QED) is 0.472. The van der Waals surface area contributed by atoms with Crippen LogP contribution in [0, 0.1) is 5.41 Å². The molecule has 0 radical (unpaired) electrons. The van der Waals surface area contributed by atoms with Gasteiger partial charge in [0, 0.05) is 12.4 Å². The molecular formula is C25H29N3O3. The molecule has 0 saturated carbocycles. The third-order valence-corrected chi connectivity index (χ3v) is 5.70. The second-order valence-electron chi connectivity index (χ2n) is 8.13. The molecular weight excluding hydrogens is 390 g/mol. The number of carboxylic acids is 1. The Morgan fingerprint density at radius 2 is 1.81 bits per heavy atom. The molecule has 6 heteroatoms. The molecule has 3 rings (SSSR count). The van der Waals surface area contributed by atoms with Gasteiger partial charge in [-0.1, -0.05) is 66.7 Å². The number of carbonyl (C=O) groups is 1. The first kappa shape index (κ1) is 22.5. The molecule has 0 fully saturated rings. The molecule has 0 aliphatic rings. The highest BCUT2D eigenvalue weighted by molar-refractivity contribution is 5.75. The summed E-state index contributed by atoms with van der Waals surface area (Å²) < 4.78 is 2.08. The van der Waals surface area contributed by atoms with Crippen LogP contribution in [-0.4, -0.2) is 26.7 Å². The van der Waals surface area contributed by atoms with Crippen LogP contribution < -0.4 is 5.90 Å². The molecule has 3 aromatic rings. The van der Waals surface area contributed by atoms with Crippen molar-refractivity contribution in [2.24, 2.45) is 11.3 Å². The van der Waals surface area contributed by atoms with Crippen LogP contribution in [0.1, 0.15) is 37.4 Å². The number of carboxylic acid groups (broad SMARTS) is 1. The van der Waals surface area contributed by atoms with Gasteiger partial charge >= 0.3 is 5.97 Å². The van der Waals surface area contributed by atoms with E-state index >= 15 is 0 Å². The Hall–Kier alpha value is -3.22. The first-order valence-corrected chi connectivity index (χ1v) is 10.3. The van der Waals surface area contributed by atoms with Crippen LogP contribution >= 0.6 is 0 Å². The van der Waals surface area contributed by atoms with Crippen LogP contribution in [-0.2, 0) is 16.1 Å². The van der Waals surface area contributed by atoms with E-state index in [1.807, 2.05) is 55.0 Å². The van der Waals surface area contributed by atoms with Crippen molar-refractivity contribution in [2.75, 3.05) is 0 Å². The van der Waals surface area contributed by atoms with Gasteiger partial charge in [0.15, 0.2) is 0 Å². The van der Waals surface area contributed by atoms with E-state index in [1.54, 1.807) is 20.0 Å². The molecule has 1 aromatic heterocycles. The van der Waals surface area contributed by atoms with E-state index in [2.05, 4.69) is 33.8 Å². The highest BCUT2D eigenvalue weighted by Gasteiger charge is 2.37. The zero-order chi connectivity index (χ0) is 22.3. The highest BCUT2D eigenvalue weighted by Crippen LogP contribution is 2.33. The number of hydrogen-bond acceptors (Lipinski definition) is 4. The van der Waals surface area contributed by atoms with Gasteiger partial charge in [-0.2, -0.15) is 0 Å². The summed E-state index contributed by atoms with van der Waals surface area (Å²) in [5, 5.41) is 9.61. The van der Waals surface area contributed by atoms with Crippen LogP contribution in [0.2, 0.25) is 0 Å². The summed E-state index contributed by atoms with van der Waals surface area (Å²) in [6, 6.07) is 20.3. The van der Waals surface area contributed by atoms with Crippen LogP contribution in [0.4, 0.5) is 0 Å². The fourth-order valence-electron chi connectivity index (χ4n) is 3.64. The van der Waals surface area contributed by atoms with Crippen molar-refractivity contribution in [1.29, 1.82) is 0 Å². The van der Waals surface area contributed by atoms with Crippen LogP contribution in [0.25, 0.3) is 5.57 Å². The number of aromatic nitrogens is 2. The Labute approximate surface area is 183 Å². The molecule has 162 valence electrons. The smallest absolute Gasteiger partial charge is 0.311 e. The Morgan fingerprint density at radius 3 is 2.35 bits per heavy atom. The highest BCUT2D eigenvalue weighted by atomic mass is 16.6. The summed E-state index contributed by atoms with van der Waals surface area (Å²) in [5.41, 5.74) is 2.18. The molecule has 0 bridgehead atoms. The first-order valence-electron chi connectivity index (χ1n) is 10.3. The lowest BCUT2D eigenvalue weighted by molar-refractivity contribution is -0.156. The van der Waals surface area contributed by atoms with Crippen molar-refractivity contribution in [3.05, 3.63) is 96.6 Å². The van der Waals surface area contributed by atoms with E-state index in [-0.39, 0.29) is 6.04 Å². The summed E-state index contributed by atoms with van der Waals surface area (Å²) in [5.74, 6) is 4.56. The summed E-state index contributed by atoms with van der Waals surface area (Å²) in [6.07, 6.45) is 8.01. The van der Waals surface area contributed by atoms with E-state index in [0.717, 1.165) is 17.6 Å². The average Bonchev–Trinajstić information content (AvgIpc) is 3.31. The molecule has 0 saturated heterocycles. The largest absolute Gasteiger partial charge is 0.481 e. The molecule has 2 unspecified atom stereocenters. The maximum absolute atomic E-state index is 11.7. The van der Waals surface area contributed by atoms with E-state index in [0.29, 0.717) is 6.42 Å². The summed E-state index contributed by atoms with van der Waals surface area (Å²) in [7, 11) is 0. The fourth-order valence-corrected chi connectivity index (χ4v) is 3.64. The van der Waals surface area contributed by atoms with Crippen molar-refractivity contribution < 1.29 is 14.7 Å². The molecule has 2 aromatic carbocycles. The van der Waals surface area contributed by atoms with Gasteiger partial charge in [-0.3, -0.25) is 9.63 Å². The number of hydrogen-bond donors (Lipinski definition) is 2. The molecule has 0 amide bonds. The summed E-state index contributed by atoms with van der Waals surface area (Å²) in [4.78, 5) is 21.1. The van der Waals surface area contributed by atoms with E-state index in [1.165, 1.54) is 5.56 Å². The lowest BCUT2D eigenvalue weighted by atomic mass is 9.83. The lowest BCUT2D eigenvalue weighted by Crippen LogP contribution is -2.40. The van der Waals surface area contributed by atoms with Gasteiger partial charge < -0.3 is 9.67 Å². The summed E-state index contributed by atoms with van der Waals surface area (Å²) >= 11 is 0. The molecule has 6 nitrogen and oxygen atoms in total. The number of rotatable bonds is 10. The number of benzene rings is 2. The van der Waals surface area contributed by atoms with Crippen molar-refractivity contribution >= 4 is 11.5 Å². The van der Waals surface area contributed by atoms with Crippen LogP contribution in [0.15, 0.2) is 85.5 Å². The van der Waals surface area contributed by atoms with Gasteiger partial charge in [0.1, 0.15) is 0 Å². The predicted molar refractivity (Wildman–Crippen MR) is 121 cm³/mol. The number of nitrogens with zero attached hydrogens (tertiary/aromatic N) is 2. The van der Waals surface area contributed by atoms with Gasteiger partial charge in [0.05, 0.1) is 23.9 Å². The number of allylic oxidation sites excluding steroid dienone is 1. The second kappa shape index (κ2) is 10.2. The summed E-state index contributed by atoms with van der Waals surface area (Å²) in [6.45, 7) is 3.25. The Morgan fingerprint density at radius 1 is 1.16 bits per heavy atom. The zero-order valence-electron chi connectivity index (χ0n) is 17.9. The minimum absolute atomic E-state index is 0.0290. The second-order valence-corrected chi connectivity index (χ2v) is 8.13. The monoisotopic (exact) mass is 419 g/mol. The zero-order valence-corrected chi connectivity index (χ0v) is 17.9. The van der Waals surface area contributed by atoms with E-state index < -0.39 is 17.5 Å². The van der Waals surface area contributed by atoms with Crippen molar-refractivity contribution in [3.8, 4) is 0 Å². The Balaban J connectivity index is 2.03. The lowest BCUT2D eigenvalue weighted by Gasteiger charge is -2.29. The van der Waals surface area contributed by atoms with E-state index in [9.17, 15) is 9.90 Å². The van der Waals surface area contributed by atoms with E-state index in [4.69, 9.17) is 10.7 Å². The topological polar surface area (TPSA) is 90.4 Å². The third kappa shape index (κ3) is 5.48. The standard InChI is InChI=1S/C25H29N3O3/c1-25(2,24(29)30)23(31-26)14-13-21(20-11-7-4-8-12-20)22(28-16-15-27-18-28)17-19-9-5-3-6-10-19/h3-13,15-16,18,22-23H,14,17,26H2,1-2H3,(H,29,30)/b21-13-. The molecule has 2 atom stereocenters. The maximum Gasteiger partial charge on any atom is 0.311 e. The molecule has 31 heavy (non-hydrogen) atoms. The Bertz CT molecular complexity index is 983. The SMILES string of the molecule is CC(C)(C(=O)O)C(C/C=C(/c1ccccc1)C(Cc1ccccc1)n1ccnc1)ON.